The largest absolute Gasteiger partial charge is 0.368 e. The number of anilines is 2. The Bertz CT molecular complexity index is 370. The van der Waals surface area contributed by atoms with Gasteiger partial charge >= 0.3 is 0 Å². The van der Waals surface area contributed by atoms with Crippen molar-refractivity contribution >= 4 is 23.4 Å². The van der Waals surface area contributed by atoms with Crippen LogP contribution in [-0.2, 0) is 0 Å². The van der Waals surface area contributed by atoms with Crippen LogP contribution in [0.5, 0.6) is 0 Å². The highest BCUT2D eigenvalue weighted by Gasteiger charge is 2.20. The number of hydrogen-bond acceptors (Lipinski definition) is 5. The van der Waals surface area contributed by atoms with E-state index in [1.54, 1.807) is 0 Å². The van der Waals surface area contributed by atoms with Gasteiger partial charge in [0.1, 0.15) is 5.02 Å². The Labute approximate surface area is 100 Å². The van der Waals surface area contributed by atoms with Crippen molar-refractivity contribution in [1.29, 1.82) is 0 Å². The van der Waals surface area contributed by atoms with Gasteiger partial charge in [0, 0.05) is 12.6 Å². The van der Waals surface area contributed by atoms with Crippen LogP contribution in [0.15, 0.2) is 6.20 Å². The normalized spacial score (nSPS) is 21.2. The van der Waals surface area contributed by atoms with Crippen LogP contribution in [0, 0.1) is 0 Å². The summed E-state index contributed by atoms with van der Waals surface area (Å²) < 4.78 is 0. The number of nitrogens with one attached hydrogen (secondary N) is 1. The van der Waals surface area contributed by atoms with E-state index in [1.807, 2.05) is 0 Å². The van der Waals surface area contributed by atoms with Gasteiger partial charge in [-0.25, -0.2) is 4.98 Å². The maximum Gasteiger partial charge on any atom is 0.222 e. The Balaban J connectivity index is 1.96. The molecular weight excluding hydrogens is 226 g/mol. The molecule has 2 rings (SSSR count). The zero-order chi connectivity index (χ0) is 11.5. The molecule has 3 N–H and O–H groups in total. The molecule has 1 aromatic rings. The van der Waals surface area contributed by atoms with E-state index < -0.39 is 0 Å². The molecule has 6 heteroatoms. The minimum atomic E-state index is 0.242. The van der Waals surface area contributed by atoms with E-state index in [0.717, 1.165) is 13.1 Å². The number of nitrogens with zero attached hydrogens (tertiary/aromatic N) is 3. The first-order valence-electron chi connectivity index (χ1n) is 5.39. The lowest BCUT2D eigenvalue weighted by Gasteiger charge is -2.20. The molecule has 0 saturated carbocycles. The van der Waals surface area contributed by atoms with Crippen molar-refractivity contribution in [2.24, 2.45) is 0 Å². The van der Waals surface area contributed by atoms with E-state index in [9.17, 15) is 0 Å². The van der Waals surface area contributed by atoms with Gasteiger partial charge in [-0.2, -0.15) is 4.98 Å². The molecule has 1 fully saturated rings. The number of hydrogen-bond donors (Lipinski definition) is 2. The summed E-state index contributed by atoms with van der Waals surface area (Å²) in [7, 11) is 2.13. The summed E-state index contributed by atoms with van der Waals surface area (Å²) in [6.07, 6.45) is 3.98. The van der Waals surface area contributed by atoms with Gasteiger partial charge in [-0.1, -0.05) is 11.6 Å². The first-order chi connectivity index (χ1) is 7.66. The molecule has 0 amide bonds. The molecule has 1 aliphatic rings. The number of halogens is 1. The van der Waals surface area contributed by atoms with Crippen LogP contribution in [0.4, 0.5) is 11.8 Å². The topological polar surface area (TPSA) is 67.1 Å². The van der Waals surface area contributed by atoms with Gasteiger partial charge in [0.25, 0.3) is 0 Å². The predicted octanol–water partition coefficient (Wildman–Crippen LogP) is 1.22. The van der Waals surface area contributed by atoms with Crippen molar-refractivity contribution in [1.82, 2.24) is 14.9 Å². The highest BCUT2D eigenvalue weighted by Crippen LogP contribution is 2.20. The van der Waals surface area contributed by atoms with Gasteiger partial charge in [0.15, 0.2) is 5.82 Å². The lowest BCUT2D eigenvalue weighted by Crippen LogP contribution is -2.31. The van der Waals surface area contributed by atoms with Crippen molar-refractivity contribution in [3.05, 3.63) is 11.2 Å². The highest BCUT2D eigenvalue weighted by molar-refractivity contribution is 6.32. The van der Waals surface area contributed by atoms with Crippen LogP contribution in [-0.4, -0.2) is 41.0 Å². The quantitative estimate of drug-likeness (QED) is 0.833. The highest BCUT2D eigenvalue weighted by atomic mass is 35.5. The van der Waals surface area contributed by atoms with E-state index in [-0.39, 0.29) is 5.95 Å². The molecule has 1 saturated heterocycles. The first-order valence-corrected chi connectivity index (χ1v) is 5.77. The van der Waals surface area contributed by atoms with E-state index in [0.29, 0.717) is 16.9 Å². The fraction of sp³-hybridized carbons (Fsp3) is 0.600. The van der Waals surface area contributed by atoms with Gasteiger partial charge in [0.05, 0.1) is 6.20 Å². The van der Waals surface area contributed by atoms with E-state index in [2.05, 4.69) is 27.2 Å². The maximum atomic E-state index is 5.96. The van der Waals surface area contributed by atoms with Gasteiger partial charge < -0.3 is 16.0 Å². The molecule has 1 unspecified atom stereocenters. The van der Waals surface area contributed by atoms with E-state index >= 15 is 0 Å². The molecule has 0 aromatic carbocycles. The third-order valence-electron chi connectivity index (χ3n) is 2.94. The Morgan fingerprint density at radius 3 is 3.19 bits per heavy atom. The summed E-state index contributed by atoms with van der Waals surface area (Å²) in [6.45, 7) is 2.00. The average Bonchev–Trinajstić information content (AvgIpc) is 2.66. The smallest absolute Gasteiger partial charge is 0.222 e. The van der Waals surface area contributed by atoms with Gasteiger partial charge in [-0.15, -0.1) is 0 Å². The number of aromatic nitrogens is 2. The second-order valence-electron chi connectivity index (χ2n) is 4.08. The SMILES string of the molecule is CN1CCCC1CNc1nc(N)ncc1Cl. The summed E-state index contributed by atoms with van der Waals surface area (Å²) in [5.41, 5.74) is 5.51. The van der Waals surface area contributed by atoms with Crippen LogP contribution in [0.1, 0.15) is 12.8 Å². The van der Waals surface area contributed by atoms with Crippen molar-refractivity contribution in [3.63, 3.8) is 0 Å². The molecule has 2 heterocycles. The number of likely N-dealkylation sites (tertiary alicyclic amines) is 1. The van der Waals surface area contributed by atoms with E-state index in [1.165, 1.54) is 19.0 Å². The third kappa shape index (κ3) is 2.54. The molecule has 1 atom stereocenters. The van der Waals surface area contributed by atoms with Crippen LogP contribution in [0.25, 0.3) is 0 Å². The molecule has 0 bridgehead atoms. The second-order valence-corrected chi connectivity index (χ2v) is 4.49. The third-order valence-corrected chi connectivity index (χ3v) is 3.22. The molecule has 1 aliphatic heterocycles. The number of nitrogens with two attached hydrogens (primary N) is 1. The van der Waals surface area contributed by atoms with Gasteiger partial charge in [-0.3, -0.25) is 0 Å². The molecule has 16 heavy (non-hydrogen) atoms. The Morgan fingerprint density at radius 1 is 1.69 bits per heavy atom. The molecule has 1 aromatic heterocycles. The van der Waals surface area contributed by atoms with Crippen molar-refractivity contribution in [2.45, 2.75) is 18.9 Å². The molecule has 5 nitrogen and oxygen atoms in total. The summed E-state index contributed by atoms with van der Waals surface area (Å²) in [4.78, 5) is 10.2. The predicted molar refractivity (Wildman–Crippen MR) is 65.6 cm³/mol. The Morgan fingerprint density at radius 2 is 2.50 bits per heavy atom. The monoisotopic (exact) mass is 241 g/mol. The van der Waals surface area contributed by atoms with Crippen LogP contribution < -0.4 is 11.1 Å². The summed E-state index contributed by atoms with van der Waals surface area (Å²) in [5.74, 6) is 0.862. The number of nitrogen functional groups attached to an aromatic ring is 1. The Kier molecular flexibility index (Phi) is 3.46. The minimum Gasteiger partial charge on any atom is -0.368 e. The lowest BCUT2D eigenvalue weighted by atomic mass is 10.2. The van der Waals surface area contributed by atoms with E-state index in [4.69, 9.17) is 17.3 Å². The summed E-state index contributed by atoms with van der Waals surface area (Å²) in [5, 5.41) is 3.73. The zero-order valence-corrected chi connectivity index (χ0v) is 10.0. The van der Waals surface area contributed by atoms with Crippen LogP contribution in [0.2, 0.25) is 5.02 Å². The molecule has 88 valence electrons. The average molecular weight is 242 g/mol. The zero-order valence-electron chi connectivity index (χ0n) is 9.28. The van der Waals surface area contributed by atoms with Crippen LogP contribution in [0.3, 0.4) is 0 Å². The summed E-state index contributed by atoms with van der Waals surface area (Å²) >= 11 is 5.96. The van der Waals surface area contributed by atoms with Gasteiger partial charge in [-0.05, 0) is 26.4 Å². The van der Waals surface area contributed by atoms with Gasteiger partial charge in [0.2, 0.25) is 5.95 Å². The molecule has 0 aliphatic carbocycles. The van der Waals surface area contributed by atoms with Crippen LogP contribution >= 0.6 is 11.6 Å². The number of rotatable bonds is 3. The minimum absolute atomic E-state index is 0.242. The molecule has 0 radical (unpaired) electrons. The Hall–Kier alpha value is -1.07. The maximum absolute atomic E-state index is 5.96. The fourth-order valence-corrected chi connectivity index (χ4v) is 2.11. The molecular formula is C10H16ClN5. The summed E-state index contributed by atoms with van der Waals surface area (Å²) in [6, 6.07) is 0.548. The fourth-order valence-electron chi connectivity index (χ4n) is 1.96. The van der Waals surface area contributed by atoms with Crippen molar-refractivity contribution in [2.75, 3.05) is 31.2 Å². The molecule has 0 spiro atoms. The first kappa shape index (κ1) is 11.4. The lowest BCUT2D eigenvalue weighted by molar-refractivity contribution is 0.322. The second kappa shape index (κ2) is 4.84. The standard InChI is InChI=1S/C10H16ClN5/c1-16-4-2-3-7(16)5-13-9-8(11)6-14-10(12)15-9/h6-7H,2-5H2,1H3,(H3,12,13,14,15). The van der Waals surface area contributed by atoms with Crippen molar-refractivity contribution < 1.29 is 0 Å². The number of likely N-dealkylation sites (N-methyl/N-ethyl adjacent to an activating group) is 1. The van der Waals surface area contributed by atoms with Crippen molar-refractivity contribution in [3.8, 4) is 0 Å².